The Kier molecular flexibility index (Phi) is 10.9. The van der Waals surface area contributed by atoms with Crippen LogP contribution in [0.15, 0.2) is 65.7 Å². The monoisotopic (exact) mass is 473 g/mol. The van der Waals surface area contributed by atoms with Gasteiger partial charge in [-0.25, -0.2) is 14.5 Å². The summed E-state index contributed by atoms with van der Waals surface area (Å²) in [6.07, 6.45) is -0.769. The minimum atomic E-state index is -0.928. The van der Waals surface area contributed by atoms with Gasteiger partial charge in [0.15, 0.2) is 0 Å². The molecular weight excluding hydrogens is 446 g/mol. The largest absolute Gasteiger partial charge is 0.444 e. The first kappa shape index (κ1) is 25.9. The molecule has 0 bridgehead atoms. The molecule has 0 saturated heterocycles. The van der Waals surface area contributed by atoms with E-state index >= 15 is 0 Å². The number of nitrogens with two attached hydrogens (primary N) is 1. The molecule has 0 radical (unpaired) electrons. The van der Waals surface area contributed by atoms with Crippen LogP contribution < -0.4 is 5.73 Å². The lowest BCUT2D eigenvalue weighted by atomic mass is 10.0. The van der Waals surface area contributed by atoms with Gasteiger partial charge in [-0.05, 0) is 24.0 Å². The molecular formula is C24H28ClN3O5. The summed E-state index contributed by atoms with van der Waals surface area (Å²) in [4.78, 5) is 41.3. The lowest BCUT2D eigenvalue weighted by Gasteiger charge is -2.21. The van der Waals surface area contributed by atoms with E-state index in [1.165, 1.54) is 0 Å². The lowest BCUT2D eigenvalue weighted by Crippen LogP contribution is -2.43. The van der Waals surface area contributed by atoms with Crippen LogP contribution >= 0.6 is 11.6 Å². The summed E-state index contributed by atoms with van der Waals surface area (Å²) < 4.78 is 10.4. The van der Waals surface area contributed by atoms with Crippen molar-refractivity contribution in [3.05, 3.63) is 71.8 Å². The van der Waals surface area contributed by atoms with E-state index in [0.717, 1.165) is 16.0 Å². The second-order valence-electron chi connectivity index (χ2n) is 7.35. The molecule has 0 aliphatic carbocycles. The fraction of sp³-hybridized carbons (Fsp3) is 0.333. The van der Waals surface area contributed by atoms with Gasteiger partial charge in [-0.15, -0.1) is 16.6 Å². The molecule has 0 aliphatic rings. The number of hydrogen-bond donors (Lipinski definition) is 1. The Morgan fingerprint density at radius 3 is 2.06 bits per heavy atom. The number of ketones is 1. The molecule has 0 fully saturated rings. The summed E-state index contributed by atoms with van der Waals surface area (Å²) in [6.45, 7) is 1.92. The highest BCUT2D eigenvalue weighted by molar-refractivity contribution is 6.27. The molecule has 2 aromatic carbocycles. The van der Waals surface area contributed by atoms with Gasteiger partial charge in [0.1, 0.15) is 19.0 Å². The maximum Gasteiger partial charge on any atom is 0.437 e. The number of halogens is 1. The number of alkyl halides is 1. The van der Waals surface area contributed by atoms with Crippen LogP contribution in [0.4, 0.5) is 9.59 Å². The van der Waals surface area contributed by atoms with E-state index in [9.17, 15) is 14.4 Å². The third-order valence-electron chi connectivity index (χ3n) is 4.81. The second-order valence-corrected chi connectivity index (χ2v) is 7.61. The van der Waals surface area contributed by atoms with E-state index in [1.54, 1.807) is 19.1 Å². The van der Waals surface area contributed by atoms with E-state index < -0.39 is 12.2 Å². The van der Waals surface area contributed by atoms with Crippen LogP contribution in [0.1, 0.15) is 30.9 Å². The Labute approximate surface area is 198 Å². The smallest absolute Gasteiger partial charge is 0.437 e. The van der Waals surface area contributed by atoms with Gasteiger partial charge in [0.05, 0.1) is 5.88 Å². The molecule has 0 aromatic heterocycles. The number of rotatable bonds is 10. The molecule has 2 rings (SSSR count). The standard InChI is InChI=1S/C24H28ClN3O5/c1-18(21(29)15-25)9-8-14-28(24(31)33-17-20-12-6-3-7-13-20)22(26)27-23(30)32-16-19-10-4-2-5-11-19/h2-7,10-13,18H,8-9,14-17H2,1H3,(H2,26,27,30)/t18-/m0/s1. The number of carbonyl (C=O) groups is 3. The molecule has 0 heterocycles. The van der Waals surface area contributed by atoms with Crippen LogP contribution in [0.2, 0.25) is 0 Å². The first-order valence-corrected chi connectivity index (χ1v) is 11.1. The molecule has 176 valence electrons. The Morgan fingerprint density at radius 1 is 0.970 bits per heavy atom. The number of Topliss-reactive ketones (excluding diaryl/α,β-unsaturated/α-hetero) is 1. The van der Waals surface area contributed by atoms with Gasteiger partial charge in [-0.2, -0.15) is 0 Å². The minimum absolute atomic E-state index is 0.0208. The zero-order valence-electron chi connectivity index (χ0n) is 18.5. The molecule has 0 spiro atoms. The highest BCUT2D eigenvalue weighted by Gasteiger charge is 2.21. The number of hydrogen-bond acceptors (Lipinski definition) is 5. The molecule has 8 nitrogen and oxygen atoms in total. The maximum absolute atomic E-state index is 12.7. The summed E-state index contributed by atoms with van der Waals surface area (Å²) in [5, 5.41) is 0. The van der Waals surface area contributed by atoms with Crippen molar-refractivity contribution in [2.45, 2.75) is 33.0 Å². The van der Waals surface area contributed by atoms with Gasteiger partial charge >= 0.3 is 12.2 Å². The van der Waals surface area contributed by atoms with Gasteiger partial charge in [-0.3, -0.25) is 4.79 Å². The van der Waals surface area contributed by atoms with Crippen molar-refractivity contribution in [2.75, 3.05) is 12.4 Å². The molecule has 9 heteroatoms. The minimum Gasteiger partial charge on any atom is -0.444 e. The normalized spacial score (nSPS) is 12.0. The molecule has 2 amide bonds. The highest BCUT2D eigenvalue weighted by atomic mass is 35.5. The molecule has 0 aliphatic heterocycles. The Morgan fingerprint density at radius 2 is 1.52 bits per heavy atom. The SMILES string of the molecule is C[C@@H](CCCN(C(=O)OCc1ccccc1)C(N)=NC(=O)OCc1ccccc1)C(=O)CCl. The fourth-order valence-electron chi connectivity index (χ4n) is 2.85. The van der Waals surface area contributed by atoms with Crippen molar-refractivity contribution in [2.24, 2.45) is 16.6 Å². The van der Waals surface area contributed by atoms with Crippen molar-refractivity contribution in [1.82, 2.24) is 4.90 Å². The Balaban J connectivity index is 2.01. The number of nitrogens with zero attached hydrogens (tertiary/aromatic N) is 2. The van der Waals surface area contributed by atoms with E-state index in [-0.39, 0.29) is 43.3 Å². The van der Waals surface area contributed by atoms with E-state index in [2.05, 4.69) is 4.99 Å². The molecule has 33 heavy (non-hydrogen) atoms. The van der Waals surface area contributed by atoms with E-state index in [4.69, 9.17) is 26.8 Å². The summed E-state index contributed by atoms with van der Waals surface area (Å²) in [5.74, 6) is -0.761. The van der Waals surface area contributed by atoms with Gasteiger partial charge in [0.25, 0.3) is 0 Å². The predicted molar refractivity (Wildman–Crippen MR) is 126 cm³/mol. The van der Waals surface area contributed by atoms with Crippen LogP contribution in [0.5, 0.6) is 0 Å². The fourth-order valence-corrected chi connectivity index (χ4v) is 3.11. The summed E-state index contributed by atoms with van der Waals surface area (Å²) in [5.41, 5.74) is 7.53. The summed E-state index contributed by atoms with van der Waals surface area (Å²) in [7, 11) is 0. The van der Waals surface area contributed by atoms with Crippen molar-refractivity contribution < 1.29 is 23.9 Å². The average Bonchev–Trinajstić information content (AvgIpc) is 2.84. The van der Waals surface area contributed by atoms with E-state index in [1.807, 2.05) is 48.5 Å². The topological polar surface area (TPSA) is 111 Å². The Bertz CT molecular complexity index is 938. The summed E-state index contributed by atoms with van der Waals surface area (Å²) >= 11 is 5.60. The predicted octanol–water partition coefficient (Wildman–Crippen LogP) is 4.50. The van der Waals surface area contributed by atoms with Gasteiger partial charge in [0.2, 0.25) is 5.96 Å². The van der Waals surface area contributed by atoms with Crippen LogP contribution in [-0.4, -0.2) is 41.3 Å². The lowest BCUT2D eigenvalue weighted by molar-refractivity contribution is -0.120. The Hall–Kier alpha value is -3.39. The number of guanidine groups is 1. The van der Waals surface area contributed by atoms with Crippen LogP contribution in [0.25, 0.3) is 0 Å². The van der Waals surface area contributed by atoms with E-state index in [0.29, 0.717) is 12.8 Å². The molecule has 0 saturated carbocycles. The molecule has 2 N–H and O–H groups in total. The van der Waals surface area contributed by atoms with Gasteiger partial charge in [-0.1, -0.05) is 67.6 Å². The third kappa shape index (κ3) is 9.33. The van der Waals surface area contributed by atoms with Gasteiger partial charge in [0, 0.05) is 12.5 Å². The van der Waals surface area contributed by atoms with Crippen LogP contribution in [-0.2, 0) is 27.5 Å². The van der Waals surface area contributed by atoms with Crippen molar-refractivity contribution in [3.8, 4) is 0 Å². The van der Waals surface area contributed by atoms with Crippen molar-refractivity contribution in [1.29, 1.82) is 0 Å². The molecule has 1 atom stereocenters. The van der Waals surface area contributed by atoms with Crippen molar-refractivity contribution >= 4 is 35.5 Å². The number of aliphatic imine (C=N–C) groups is 1. The average molecular weight is 474 g/mol. The highest BCUT2D eigenvalue weighted by Crippen LogP contribution is 2.11. The molecule has 0 unspecified atom stereocenters. The van der Waals surface area contributed by atoms with Crippen LogP contribution in [0.3, 0.4) is 0 Å². The second kappa shape index (κ2) is 13.9. The maximum atomic E-state index is 12.7. The number of benzene rings is 2. The quantitative estimate of drug-likeness (QED) is 0.309. The first-order chi connectivity index (χ1) is 15.9. The summed E-state index contributed by atoms with van der Waals surface area (Å²) in [6, 6.07) is 18.2. The molecule has 2 aromatic rings. The zero-order chi connectivity index (χ0) is 24.1. The zero-order valence-corrected chi connectivity index (χ0v) is 19.2. The van der Waals surface area contributed by atoms with Gasteiger partial charge < -0.3 is 15.2 Å². The number of ether oxygens (including phenoxy) is 2. The van der Waals surface area contributed by atoms with Crippen molar-refractivity contribution in [3.63, 3.8) is 0 Å². The first-order valence-electron chi connectivity index (χ1n) is 10.5. The van der Waals surface area contributed by atoms with Crippen LogP contribution in [0, 0.1) is 5.92 Å². The number of amides is 2. The third-order valence-corrected chi connectivity index (χ3v) is 5.08. The number of carbonyl (C=O) groups excluding carboxylic acids is 3.